The second-order valence-corrected chi connectivity index (χ2v) is 10.5. The Morgan fingerprint density at radius 2 is 1.75 bits per heavy atom. The summed E-state index contributed by atoms with van der Waals surface area (Å²) in [6, 6.07) is 18.2. The van der Waals surface area contributed by atoms with Gasteiger partial charge in [0, 0.05) is 35.8 Å². The summed E-state index contributed by atoms with van der Waals surface area (Å²) < 4.78 is 13.2. The monoisotopic (exact) mass is 562 g/mol. The molecule has 0 atom stereocenters. The number of hydrazone groups is 1. The molecule has 0 aromatic heterocycles. The minimum Gasteiger partial charge on any atom is -0.481 e. The van der Waals surface area contributed by atoms with Gasteiger partial charge in [-0.15, -0.1) is 0 Å². The number of aliphatic carboxylic acids is 1. The van der Waals surface area contributed by atoms with E-state index in [1.165, 1.54) is 36.5 Å². The predicted octanol–water partition coefficient (Wildman–Crippen LogP) is 5.54. The number of nitrogens with one attached hydrogen (secondary N) is 2. The minimum absolute atomic E-state index is 0.0804. The summed E-state index contributed by atoms with van der Waals surface area (Å²) in [5, 5.41) is 15.7. The smallest absolute Gasteiger partial charge is 0.304 e. The molecule has 0 spiro atoms. The molecule has 0 bridgehead atoms. The summed E-state index contributed by atoms with van der Waals surface area (Å²) in [6.45, 7) is 1.79. The normalized spacial score (nSPS) is 13.3. The van der Waals surface area contributed by atoms with Crippen molar-refractivity contribution in [2.75, 3.05) is 29.1 Å². The third-order valence-corrected chi connectivity index (χ3v) is 7.42. The molecule has 2 amide bonds. The Hall–Kier alpha value is -4.18. The first kappa shape index (κ1) is 28.8. The van der Waals surface area contributed by atoms with Crippen LogP contribution < -0.4 is 15.6 Å². The van der Waals surface area contributed by atoms with E-state index in [4.69, 9.17) is 5.11 Å². The summed E-state index contributed by atoms with van der Waals surface area (Å²) in [6.07, 6.45) is 4.83. The van der Waals surface area contributed by atoms with Crippen molar-refractivity contribution in [3.8, 4) is 0 Å². The summed E-state index contributed by atoms with van der Waals surface area (Å²) in [5.74, 6) is -0.995. The fourth-order valence-electron chi connectivity index (χ4n) is 4.30. The molecule has 0 unspecified atom stereocenters. The first-order chi connectivity index (χ1) is 19.4. The van der Waals surface area contributed by atoms with Crippen LogP contribution >= 0.6 is 11.8 Å². The van der Waals surface area contributed by atoms with Crippen molar-refractivity contribution in [1.82, 2.24) is 5.43 Å². The van der Waals surface area contributed by atoms with Crippen LogP contribution in [0.2, 0.25) is 0 Å². The average Bonchev–Trinajstić information content (AvgIpc) is 2.97. The molecule has 3 aromatic rings. The first-order valence-electron chi connectivity index (χ1n) is 13.1. The van der Waals surface area contributed by atoms with E-state index in [0.29, 0.717) is 28.3 Å². The number of carbonyl (C=O) groups is 3. The third kappa shape index (κ3) is 8.41. The third-order valence-electron chi connectivity index (χ3n) is 6.39. The highest BCUT2D eigenvalue weighted by molar-refractivity contribution is 7.98. The standard InChI is InChI=1S/C30H31FN4O4S/c31-24-9-7-21(8-10-24)19-32-34-30(39)26-18-25(35-14-2-1-3-15-35)11-12-27(26)33-29(38)23-6-4-5-22(17-23)20-40-16-13-28(36)37/h4-12,17-19H,1-3,13-16,20H2,(H,33,38)(H,34,39)(H,36,37)/b32-19+. The Morgan fingerprint density at radius 1 is 0.975 bits per heavy atom. The van der Waals surface area contributed by atoms with Gasteiger partial charge in [0.15, 0.2) is 0 Å². The van der Waals surface area contributed by atoms with Gasteiger partial charge in [-0.05, 0) is 72.9 Å². The van der Waals surface area contributed by atoms with Crippen LogP contribution in [0.3, 0.4) is 0 Å². The molecule has 1 saturated heterocycles. The van der Waals surface area contributed by atoms with Crippen LogP contribution in [0.15, 0.2) is 71.8 Å². The van der Waals surface area contributed by atoms with Gasteiger partial charge in [-0.25, -0.2) is 9.82 Å². The van der Waals surface area contributed by atoms with Crippen molar-refractivity contribution in [2.24, 2.45) is 5.10 Å². The Kier molecular flexibility index (Phi) is 10.3. The number of thioether (sulfide) groups is 1. The molecule has 3 N–H and O–H groups in total. The highest BCUT2D eigenvalue weighted by atomic mass is 32.2. The molecule has 0 saturated carbocycles. The molecule has 0 radical (unpaired) electrons. The van der Waals surface area contributed by atoms with Gasteiger partial charge in [0.1, 0.15) is 5.82 Å². The Labute approximate surface area is 236 Å². The summed E-state index contributed by atoms with van der Waals surface area (Å²) in [5.41, 5.74) is 5.98. The van der Waals surface area contributed by atoms with Gasteiger partial charge in [-0.1, -0.05) is 24.3 Å². The van der Waals surface area contributed by atoms with E-state index in [-0.39, 0.29) is 23.7 Å². The predicted molar refractivity (Wildman–Crippen MR) is 157 cm³/mol. The lowest BCUT2D eigenvalue weighted by molar-refractivity contribution is -0.136. The van der Waals surface area contributed by atoms with Crippen molar-refractivity contribution >= 4 is 47.1 Å². The maximum absolute atomic E-state index is 13.2. The van der Waals surface area contributed by atoms with E-state index >= 15 is 0 Å². The van der Waals surface area contributed by atoms with Crippen molar-refractivity contribution in [1.29, 1.82) is 0 Å². The molecule has 40 heavy (non-hydrogen) atoms. The fraction of sp³-hybridized carbons (Fsp3) is 0.267. The van der Waals surface area contributed by atoms with Gasteiger partial charge < -0.3 is 15.3 Å². The second-order valence-electron chi connectivity index (χ2n) is 9.38. The molecule has 10 heteroatoms. The SMILES string of the molecule is O=C(O)CCSCc1cccc(C(=O)Nc2ccc(N3CCCCC3)cc2C(=O)N/N=C/c2ccc(F)cc2)c1. The van der Waals surface area contributed by atoms with Crippen molar-refractivity contribution in [2.45, 2.75) is 31.4 Å². The number of carbonyl (C=O) groups excluding carboxylic acids is 2. The molecule has 8 nitrogen and oxygen atoms in total. The van der Waals surface area contributed by atoms with E-state index < -0.39 is 11.9 Å². The van der Waals surface area contributed by atoms with Crippen LogP contribution in [0.25, 0.3) is 0 Å². The van der Waals surface area contributed by atoms with Crippen LogP contribution in [0.4, 0.5) is 15.8 Å². The molecule has 3 aromatic carbocycles. The molecule has 1 heterocycles. The zero-order valence-corrected chi connectivity index (χ0v) is 22.8. The number of carboxylic acid groups (broad SMARTS) is 1. The van der Waals surface area contributed by atoms with E-state index in [1.54, 1.807) is 42.5 Å². The number of benzene rings is 3. The number of rotatable bonds is 11. The highest BCUT2D eigenvalue weighted by Crippen LogP contribution is 2.27. The maximum Gasteiger partial charge on any atom is 0.304 e. The number of halogens is 1. The van der Waals surface area contributed by atoms with E-state index in [1.807, 2.05) is 12.1 Å². The molecule has 1 aliphatic rings. The quantitative estimate of drug-likeness (QED) is 0.161. The lowest BCUT2D eigenvalue weighted by Gasteiger charge is -2.29. The molecule has 4 rings (SSSR count). The first-order valence-corrected chi connectivity index (χ1v) is 14.2. The largest absolute Gasteiger partial charge is 0.481 e. The van der Waals surface area contributed by atoms with Gasteiger partial charge in [-0.2, -0.15) is 16.9 Å². The number of anilines is 2. The summed E-state index contributed by atoms with van der Waals surface area (Å²) in [7, 11) is 0. The highest BCUT2D eigenvalue weighted by Gasteiger charge is 2.19. The van der Waals surface area contributed by atoms with Crippen molar-refractivity contribution in [3.05, 3.63) is 94.8 Å². The molecular formula is C30H31FN4O4S. The van der Waals surface area contributed by atoms with Gasteiger partial charge in [0.25, 0.3) is 11.8 Å². The van der Waals surface area contributed by atoms with Gasteiger partial charge in [0.2, 0.25) is 0 Å². The van der Waals surface area contributed by atoms with Gasteiger partial charge >= 0.3 is 5.97 Å². The van der Waals surface area contributed by atoms with E-state index in [2.05, 4.69) is 20.7 Å². The van der Waals surface area contributed by atoms with Crippen LogP contribution in [-0.4, -0.2) is 47.9 Å². The Morgan fingerprint density at radius 3 is 2.50 bits per heavy atom. The van der Waals surface area contributed by atoms with Gasteiger partial charge in [0.05, 0.1) is 23.9 Å². The maximum atomic E-state index is 13.2. The molecule has 1 fully saturated rings. The number of amides is 2. The van der Waals surface area contributed by atoms with Crippen molar-refractivity contribution in [3.63, 3.8) is 0 Å². The minimum atomic E-state index is -0.840. The van der Waals surface area contributed by atoms with Crippen molar-refractivity contribution < 1.29 is 23.9 Å². The lowest BCUT2D eigenvalue weighted by Crippen LogP contribution is -2.30. The van der Waals surface area contributed by atoms with Crippen LogP contribution in [0.1, 0.15) is 57.5 Å². The molecule has 208 valence electrons. The van der Waals surface area contributed by atoms with E-state index in [9.17, 15) is 18.8 Å². The zero-order chi connectivity index (χ0) is 28.3. The molecule has 1 aliphatic heterocycles. The van der Waals surface area contributed by atoms with Crippen LogP contribution in [0, 0.1) is 5.82 Å². The second kappa shape index (κ2) is 14.3. The molecule has 0 aliphatic carbocycles. The number of nitrogens with zero attached hydrogens (tertiary/aromatic N) is 2. The average molecular weight is 563 g/mol. The molecular weight excluding hydrogens is 531 g/mol. The number of hydrogen-bond donors (Lipinski definition) is 3. The number of piperidine rings is 1. The lowest BCUT2D eigenvalue weighted by atomic mass is 10.1. The Balaban J connectivity index is 1.50. The topological polar surface area (TPSA) is 111 Å². The number of hydrogen-bond acceptors (Lipinski definition) is 6. The van der Waals surface area contributed by atoms with Crippen LogP contribution in [0.5, 0.6) is 0 Å². The Bertz CT molecular complexity index is 1370. The van der Waals surface area contributed by atoms with Crippen LogP contribution in [-0.2, 0) is 10.5 Å². The summed E-state index contributed by atoms with van der Waals surface area (Å²) >= 11 is 1.49. The summed E-state index contributed by atoms with van der Waals surface area (Å²) in [4.78, 5) is 39.3. The fourth-order valence-corrected chi connectivity index (χ4v) is 5.18. The van der Waals surface area contributed by atoms with E-state index in [0.717, 1.165) is 37.2 Å². The zero-order valence-electron chi connectivity index (χ0n) is 21.9. The van der Waals surface area contributed by atoms with Gasteiger partial charge in [-0.3, -0.25) is 14.4 Å². The number of carboxylic acids is 1.